The Bertz CT molecular complexity index is 848. The molecule has 0 aliphatic heterocycles. The highest BCUT2D eigenvalue weighted by molar-refractivity contribution is 5.92. The van der Waals surface area contributed by atoms with Crippen LogP contribution in [0.15, 0.2) is 42.7 Å². The molecule has 3 aromatic rings. The molecule has 6 nitrogen and oxygen atoms in total. The lowest BCUT2D eigenvalue weighted by atomic mass is 10.2. The largest absolute Gasteiger partial charge is 0.497 e. The van der Waals surface area contributed by atoms with Crippen molar-refractivity contribution < 1.29 is 19.0 Å². The van der Waals surface area contributed by atoms with E-state index in [1.165, 1.54) is 14.2 Å². The van der Waals surface area contributed by atoms with Crippen molar-refractivity contribution in [1.29, 1.82) is 0 Å². The normalized spacial score (nSPS) is 10.6. The standard InChI is InChI=1S/C17H16N2O4/c1-19-10-18-15-9-12(4-5-16(15)19)23-17(20)11-6-13(21-2)8-14(7-11)22-3/h4-10H,1-3H3. The Balaban J connectivity index is 1.87. The minimum absolute atomic E-state index is 0.349. The number of imidazole rings is 1. The lowest BCUT2D eigenvalue weighted by Gasteiger charge is -2.08. The molecule has 0 fully saturated rings. The van der Waals surface area contributed by atoms with Crippen molar-refractivity contribution in [2.75, 3.05) is 14.2 Å². The van der Waals surface area contributed by atoms with Gasteiger partial charge in [-0.1, -0.05) is 0 Å². The minimum atomic E-state index is -0.488. The van der Waals surface area contributed by atoms with E-state index in [0.717, 1.165) is 11.0 Å². The van der Waals surface area contributed by atoms with Gasteiger partial charge >= 0.3 is 5.97 Å². The molecule has 0 radical (unpaired) electrons. The van der Waals surface area contributed by atoms with Crippen LogP contribution in [0.2, 0.25) is 0 Å². The summed E-state index contributed by atoms with van der Waals surface area (Å²) < 4.78 is 17.6. The van der Waals surface area contributed by atoms with Crippen molar-refractivity contribution in [1.82, 2.24) is 9.55 Å². The molecule has 23 heavy (non-hydrogen) atoms. The fourth-order valence-corrected chi connectivity index (χ4v) is 2.27. The molecular formula is C17H16N2O4. The highest BCUT2D eigenvalue weighted by Crippen LogP contribution is 2.25. The SMILES string of the molecule is COc1cc(OC)cc(C(=O)Oc2ccc3c(c2)ncn3C)c1. The third-order valence-electron chi connectivity index (χ3n) is 3.49. The molecule has 0 saturated heterocycles. The molecule has 1 aromatic heterocycles. The zero-order chi connectivity index (χ0) is 16.4. The zero-order valence-electron chi connectivity index (χ0n) is 13.1. The molecule has 2 aromatic carbocycles. The summed E-state index contributed by atoms with van der Waals surface area (Å²) in [6, 6.07) is 10.2. The minimum Gasteiger partial charge on any atom is -0.497 e. The topological polar surface area (TPSA) is 62.6 Å². The van der Waals surface area contributed by atoms with E-state index in [1.807, 2.05) is 17.7 Å². The van der Waals surface area contributed by atoms with Gasteiger partial charge in [0, 0.05) is 19.2 Å². The number of rotatable bonds is 4. The molecule has 0 saturated carbocycles. The first kappa shape index (κ1) is 14.9. The molecule has 0 aliphatic rings. The maximum atomic E-state index is 12.3. The fraction of sp³-hybridized carbons (Fsp3) is 0.176. The Labute approximate surface area is 133 Å². The summed E-state index contributed by atoms with van der Waals surface area (Å²) in [4.78, 5) is 16.6. The Kier molecular flexibility index (Phi) is 3.89. The van der Waals surface area contributed by atoms with Crippen LogP contribution in [0.3, 0.4) is 0 Å². The van der Waals surface area contributed by atoms with E-state index in [0.29, 0.717) is 22.8 Å². The molecule has 1 heterocycles. The van der Waals surface area contributed by atoms with E-state index in [1.54, 1.807) is 36.7 Å². The zero-order valence-corrected chi connectivity index (χ0v) is 13.1. The molecular weight excluding hydrogens is 296 g/mol. The van der Waals surface area contributed by atoms with Gasteiger partial charge in [0.15, 0.2) is 0 Å². The highest BCUT2D eigenvalue weighted by Gasteiger charge is 2.13. The first-order chi connectivity index (χ1) is 11.1. The van der Waals surface area contributed by atoms with Gasteiger partial charge in [0.25, 0.3) is 0 Å². The number of fused-ring (bicyclic) bond motifs is 1. The summed E-state index contributed by atoms with van der Waals surface area (Å²) in [5, 5.41) is 0. The number of hydrogen-bond donors (Lipinski definition) is 0. The second kappa shape index (κ2) is 6.00. The first-order valence-corrected chi connectivity index (χ1v) is 6.97. The van der Waals surface area contributed by atoms with Crippen molar-refractivity contribution in [3.8, 4) is 17.2 Å². The summed E-state index contributed by atoms with van der Waals surface area (Å²) in [7, 11) is 4.96. The first-order valence-electron chi connectivity index (χ1n) is 6.97. The smallest absolute Gasteiger partial charge is 0.343 e. The molecule has 6 heteroatoms. The van der Waals surface area contributed by atoms with Crippen LogP contribution in [-0.2, 0) is 7.05 Å². The fourth-order valence-electron chi connectivity index (χ4n) is 2.27. The van der Waals surface area contributed by atoms with Crippen LogP contribution in [0.5, 0.6) is 17.2 Å². The third-order valence-corrected chi connectivity index (χ3v) is 3.49. The van der Waals surface area contributed by atoms with Crippen LogP contribution in [0, 0.1) is 0 Å². The van der Waals surface area contributed by atoms with Crippen LogP contribution in [-0.4, -0.2) is 29.7 Å². The monoisotopic (exact) mass is 312 g/mol. The third kappa shape index (κ3) is 2.96. The quantitative estimate of drug-likeness (QED) is 0.547. The van der Waals surface area contributed by atoms with E-state index in [9.17, 15) is 4.79 Å². The van der Waals surface area contributed by atoms with Gasteiger partial charge in [0.2, 0.25) is 0 Å². The second-order valence-corrected chi connectivity index (χ2v) is 5.00. The predicted molar refractivity (Wildman–Crippen MR) is 85.2 cm³/mol. The number of hydrogen-bond acceptors (Lipinski definition) is 5. The van der Waals surface area contributed by atoms with Gasteiger partial charge in [-0.15, -0.1) is 0 Å². The van der Waals surface area contributed by atoms with Crippen molar-refractivity contribution in [2.24, 2.45) is 7.05 Å². The number of ether oxygens (including phenoxy) is 3. The number of nitrogens with zero attached hydrogens (tertiary/aromatic N) is 2. The van der Waals surface area contributed by atoms with Gasteiger partial charge in [0.05, 0.1) is 37.1 Å². The van der Waals surface area contributed by atoms with Gasteiger partial charge in [0.1, 0.15) is 17.2 Å². The second-order valence-electron chi connectivity index (χ2n) is 5.00. The Morgan fingerprint density at radius 3 is 2.35 bits per heavy atom. The van der Waals surface area contributed by atoms with Gasteiger partial charge in [-0.25, -0.2) is 9.78 Å². The van der Waals surface area contributed by atoms with E-state index in [2.05, 4.69) is 4.98 Å². The highest BCUT2D eigenvalue weighted by atomic mass is 16.5. The molecule has 0 N–H and O–H groups in total. The van der Waals surface area contributed by atoms with E-state index in [4.69, 9.17) is 14.2 Å². The van der Waals surface area contributed by atoms with Crippen LogP contribution < -0.4 is 14.2 Å². The van der Waals surface area contributed by atoms with Crippen LogP contribution >= 0.6 is 0 Å². The Morgan fingerprint density at radius 1 is 1.00 bits per heavy atom. The number of benzene rings is 2. The number of methoxy groups -OCH3 is 2. The summed E-state index contributed by atoms with van der Waals surface area (Å²) in [5.74, 6) is 0.994. The maximum Gasteiger partial charge on any atom is 0.343 e. The van der Waals surface area contributed by atoms with E-state index in [-0.39, 0.29) is 0 Å². The lowest BCUT2D eigenvalue weighted by molar-refractivity contribution is 0.0734. The number of esters is 1. The Morgan fingerprint density at radius 2 is 1.70 bits per heavy atom. The van der Waals surface area contributed by atoms with Crippen molar-refractivity contribution in [3.63, 3.8) is 0 Å². The predicted octanol–water partition coefficient (Wildman–Crippen LogP) is 2.81. The van der Waals surface area contributed by atoms with Crippen molar-refractivity contribution in [2.45, 2.75) is 0 Å². The summed E-state index contributed by atoms with van der Waals surface area (Å²) in [5.41, 5.74) is 2.08. The van der Waals surface area contributed by atoms with Crippen LogP contribution in [0.25, 0.3) is 11.0 Å². The summed E-state index contributed by atoms with van der Waals surface area (Å²) in [6.07, 6.45) is 1.71. The Hall–Kier alpha value is -3.02. The molecule has 0 aliphatic carbocycles. The number of aromatic nitrogens is 2. The summed E-state index contributed by atoms with van der Waals surface area (Å²) in [6.45, 7) is 0. The van der Waals surface area contributed by atoms with Crippen molar-refractivity contribution in [3.05, 3.63) is 48.3 Å². The maximum absolute atomic E-state index is 12.3. The lowest BCUT2D eigenvalue weighted by Crippen LogP contribution is -2.09. The molecule has 0 unspecified atom stereocenters. The number of carbonyl (C=O) groups excluding carboxylic acids is 1. The average Bonchev–Trinajstić information content (AvgIpc) is 2.94. The van der Waals surface area contributed by atoms with Gasteiger partial charge < -0.3 is 18.8 Å². The molecule has 0 amide bonds. The van der Waals surface area contributed by atoms with Gasteiger partial charge in [-0.3, -0.25) is 0 Å². The van der Waals surface area contributed by atoms with E-state index >= 15 is 0 Å². The van der Waals surface area contributed by atoms with Gasteiger partial charge in [-0.2, -0.15) is 0 Å². The molecule has 118 valence electrons. The number of aryl methyl sites for hydroxylation is 1. The molecule has 0 spiro atoms. The van der Waals surface area contributed by atoms with Gasteiger partial charge in [-0.05, 0) is 24.3 Å². The average molecular weight is 312 g/mol. The van der Waals surface area contributed by atoms with Crippen molar-refractivity contribution >= 4 is 17.0 Å². The van der Waals surface area contributed by atoms with Crippen LogP contribution in [0.1, 0.15) is 10.4 Å². The summed E-state index contributed by atoms with van der Waals surface area (Å²) >= 11 is 0. The molecule has 0 atom stereocenters. The number of carbonyl (C=O) groups is 1. The molecule has 3 rings (SSSR count). The molecule has 0 bridgehead atoms. The van der Waals surface area contributed by atoms with Crippen LogP contribution in [0.4, 0.5) is 0 Å². The van der Waals surface area contributed by atoms with E-state index < -0.39 is 5.97 Å².